The van der Waals surface area contributed by atoms with Crippen LogP contribution in [-0.2, 0) is 9.53 Å². The van der Waals surface area contributed by atoms with Crippen LogP contribution in [0.4, 0.5) is 0 Å². The van der Waals surface area contributed by atoms with Crippen LogP contribution in [0.5, 0.6) is 0 Å². The van der Waals surface area contributed by atoms with E-state index in [0.29, 0.717) is 13.2 Å². The van der Waals surface area contributed by atoms with E-state index < -0.39 is 0 Å². The molecule has 0 aromatic heterocycles. The van der Waals surface area contributed by atoms with Crippen molar-refractivity contribution in [2.45, 2.75) is 18.6 Å². The lowest BCUT2D eigenvalue weighted by molar-refractivity contribution is -0.120. The number of carbonyl (C=O) groups excluding carboxylic acids is 1. The largest absolute Gasteiger partial charge is 0.385 e. The Morgan fingerprint density at radius 1 is 1.73 bits per heavy atom. The normalized spacial score (nSPS) is 12.6. The first-order chi connectivity index (χ1) is 5.18. The summed E-state index contributed by atoms with van der Waals surface area (Å²) < 4.78 is 4.81. The van der Waals surface area contributed by atoms with Gasteiger partial charge in [0.25, 0.3) is 0 Å². The molecule has 0 aliphatic heterocycles. The predicted octanol–water partition coefficient (Wildman–Crippen LogP) is 0.457. The molecule has 11 heavy (non-hydrogen) atoms. The summed E-state index contributed by atoms with van der Waals surface area (Å²) in [6, 6.07) is 0. The lowest BCUT2D eigenvalue weighted by atomic mass is 10.4. The fraction of sp³-hybridized carbons (Fsp3) is 0.857. The number of amides is 1. The van der Waals surface area contributed by atoms with Crippen LogP contribution in [0.15, 0.2) is 0 Å². The Morgan fingerprint density at radius 3 is 2.82 bits per heavy atom. The van der Waals surface area contributed by atoms with E-state index in [1.165, 1.54) is 0 Å². The van der Waals surface area contributed by atoms with E-state index >= 15 is 0 Å². The van der Waals surface area contributed by atoms with Gasteiger partial charge in [0.05, 0.1) is 5.25 Å². The highest BCUT2D eigenvalue weighted by molar-refractivity contribution is 7.81. The van der Waals surface area contributed by atoms with Gasteiger partial charge in [-0.25, -0.2) is 0 Å². The Bertz CT molecular complexity index is 117. The molecule has 0 heterocycles. The quantitative estimate of drug-likeness (QED) is 0.473. The average molecular weight is 177 g/mol. The van der Waals surface area contributed by atoms with E-state index in [-0.39, 0.29) is 11.2 Å². The summed E-state index contributed by atoms with van der Waals surface area (Å²) in [6.45, 7) is 3.09. The lowest BCUT2D eigenvalue weighted by Gasteiger charge is -2.05. The summed E-state index contributed by atoms with van der Waals surface area (Å²) in [5.74, 6) is -0.0237. The van der Waals surface area contributed by atoms with Gasteiger partial charge in [0.15, 0.2) is 0 Å². The molecule has 4 heteroatoms. The molecular formula is C7H15NO2S. The Morgan fingerprint density at radius 2 is 2.36 bits per heavy atom. The lowest BCUT2D eigenvalue weighted by Crippen LogP contribution is -2.30. The topological polar surface area (TPSA) is 38.3 Å². The van der Waals surface area contributed by atoms with Crippen LogP contribution in [0.25, 0.3) is 0 Å². The second-order valence-corrected chi connectivity index (χ2v) is 3.09. The highest BCUT2D eigenvalue weighted by Gasteiger charge is 2.04. The maximum atomic E-state index is 10.9. The number of rotatable bonds is 5. The molecular weight excluding hydrogens is 162 g/mol. The zero-order valence-corrected chi connectivity index (χ0v) is 7.86. The molecule has 1 N–H and O–H groups in total. The molecule has 0 aliphatic carbocycles. The van der Waals surface area contributed by atoms with Crippen molar-refractivity contribution in [1.82, 2.24) is 5.32 Å². The molecule has 0 bridgehead atoms. The number of hydrogen-bond donors (Lipinski definition) is 2. The van der Waals surface area contributed by atoms with Crippen LogP contribution in [0.2, 0.25) is 0 Å². The Kier molecular flexibility index (Phi) is 6.36. The van der Waals surface area contributed by atoms with Crippen molar-refractivity contribution in [2.24, 2.45) is 0 Å². The molecule has 1 atom stereocenters. The van der Waals surface area contributed by atoms with E-state index in [4.69, 9.17) is 4.74 Å². The minimum atomic E-state index is -0.224. The van der Waals surface area contributed by atoms with Crippen LogP contribution in [-0.4, -0.2) is 31.4 Å². The van der Waals surface area contributed by atoms with Gasteiger partial charge >= 0.3 is 0 Å². The number of hydrogen-bond acceptors (Lipinski definition) is 3. The van der Waals surface area contributed by atoms with Gasteiger partial charge in [-0.05, 0) is 13.3 Å². The van der Waals surface area contributed by atoms with Crippen molar-refractivity contribution in [2.75, 3.05) is 20.3 Å². The maximum absolute atomic E-state index is 10.9. The fourth-order valence-electron chi connectivity index (χ4n) is 0.576. The third-order valence-electron chi connectivity index (χ3n) is 1.20. The van der Waals surface area contributed by atoms with E-state index in [9.17, 15) is 4.79 Å². The molecule has 0 aromatic carbocycles. The van der Waals surface area contributed by atoms with Crippen LogP contribution in [0, 0.1) is 0 Å². The van der Waals surface area contributed by atoms with Gasteiger partial charge in [0.1, 0.15) is 0 Å². The maximum Gasteiger partial charge on any atom is 0.232 e. The molecule has 66 valence electrons. The van der Waals surface area contributed by atoms with Crippen molar-refractivity contribution in [3.8, 4) is 0 Å². The van der Waals surface area contributed by atoms with Crippen LogP contribution in [0.1, 0.15) is 13.3 Å². The SMILES string of the molecule is COCCCNC(=O)C(C)S. The molecule has 0 radical (unpaired) electrons. The third kappa shape index (κ3) is 6.19. The van der Waals surface area contributed by atoms with Gasteiger partial charge in [0, 0.05) is 20.3 Å². The summed E-state index contributed by atoms with van der Waals surface area (Å²) >= 11 is 3.97. The van der Waals surface area contributed by atoms with Crippen LogP contribution >= 0.6 is 12.6 Å². The predicted molar refractivity (Wildman–Crippen MR) is 48.0 cm³/mol. The summed E-state index contributed by atoms with van der Waals surface area (Å²) in [4.78, 5) is 10.9. The molecule has 1 unspecified atom stereocenters. The van der Waals surface area contributed by atoms with E-state index in [1.54, 1.807) is 14.0 Å². The highest BCUT2D eigenvalue weighted by atomic mass is 32.1. The molecule has 0 spiro atoms. The molecule has 1 amide bonds. The molecule has 0 fully saturated rings. The van der Waals surface area contributed by atoms with Crippen molar-refractivity contribution in [1.29, 1.82) is 0 Å². The Hall–Kier alpha value is -0.220. The van der Waals surface area contributed by atoms with E-state index in [2.05, 4.69) is 17.9 Å². The standard InChI is InChI=1S/C7H15NO2S/c1-6(11)7(9)8-4-3-5-10-2/h6,11H,3-5H2,1-2H3,(H,8,9). The number of methoxy groups -OCH3 is 1. The molecule has 0 rings (SSSR count). The average Bonchev–Trinajstić information content (AvgIpc) is 1.97. The van der Waals surface area contributed by atoms with Crippen LogP contribution in [0.3, 0.4) is 0 Å². The van der Waals surface area contributed by atoms with Crippen LogP contribution < -0.4 is 5.32 Å². The van der Waals surface area contributed by atoms with E-state index in [1.807, 2.05) is 0 Å². The molecule has 0 aliphatic rings. The second kappa shape index (κ2) is 6.49. The summed E-state index contributed by atoms with van der Waals surface area (Å²) in [7, 11) is 1.64. The van der Waals surface area contributed by atoms with Gasteiger partial charge < -0.3 is 10.1 Å². The van der Waals surface area contributed by atoms with Gasteiger partial charge in [-0.2, -0.15) is 12.6 Å². The van der Waals surface area contributed by atoms with Gasteiger partial charge in [-0.1, -0.05) is 0 Å². The van der Waals surface area contributed by atoms with Gasteiger partial charge in [-0.15, -0.1) is 0 Å². The van der Waals surface area contributed by atoms with Crippen molar-refractivity contribution < 1.29 is 9.53 Å². The second-order valence-electron chi connectivity index (χ2n) is 2.31. The first-order valence-electron chi connectivity index (χ1n) is 3.63. The molecule has 0 saturated heterocycles. The number of carbonyl (C=O) groups is 1. The Balaban J connectivity index is 3.18. The highest BCUT2D eigenvalue weighted by Crippen LogP contribution is 1.90. The van der Waals surface area contributed by atoms with Gasteiger partial charge in [-0.3, -0.25) is 4.79 Å². The zero-order valence-electron chi connectivity index (χ0n) is 6.96. The molecule has 3 nitrogen and oxygen atoms in total. The van der Waals surface area contributed by atoms with Crippen molar-refractivity contribution >= 4 is 18.5 Å². The minimum Gasteiger partial charge on any atom is -0.385 e. The summed E-state index contributed by atoms with van der Waals surface area (Å²) in [5.41, 5.74) is 0. The smallest absolute Gasteiger partial charge is 0.232 e. The number of ether oxygens (including phenoxy) is 1. The minimum absolute atomic E-state index is 0.0237. The number of thiol groups is 1. The molecule has 0 saturated carbocycles. The van der Waals surface area contributed by atoms with E-state index in [0.717, 1.165) is 6.42 Å². The monoisotopic (exact) mass is 177 g/mol. The van der Waals surface area contributed by atoms with Crippen molar-refractivity contribution in [3.05, 3.63) is 0 Å². The molecule has 0 aromatic rings. The third-order valence-corrected chi connectivity index (χ3v) is 1.44. The first kappa shape index (κ1) is 10.8. The Labute approximate surface area is 72.9 Å². The summed E-state index contributed by atoms with van der Waals surface area (Å²) in [6.07, 6.45) is 0.850. The van der Waals surface area contributed by atoms with Crippen molar-refractivity contribution in [3.63, 3.8) is 0 Å². The fourth-order valence-corrected chi connectivity index (χ4v) is 0.667. The number of nitrogens with one attached hydrogen (secondary N) is 1. The summed E-state index contributed by atoms with van der Waals surface area (Å²) in [5, 5.41) is 2.50. The first-order valence-corrected chi connectivity index (χ1v) is 4.15. The van der Waals surface area contributed by atoms with Gasteiger partial charge in [0.2, 0.25) is 5.91 Å². The zero-order chi connectivity index (χ0) is 8.69.